The molecule has 0 radical (unpaired) electrons. The van der Waals surface area contributed by atoms with Gasteiger partial charge < -0.3 is 9.84 Å². The molecule has 5 heteroatoms. The monoisotopic (exact) mass is 273 g/mol. The molecule has 0 saturated heterocycles. The Morgan fingerprint density at radius 2 is 2.33 bits per heavy atom. The summed E-state index contributed by atoms with van der Waals surface area (Å²) in [6.07, 6.45) is 0.655. The van der Waals surface area contributed by atoms with Crippen molar-refractivity contribution in [3.05, 3.63) is 21.9 Å². The predicted molar refractivity (Wildman–Crippen MR) is 56.3 cm³/mol. The van der Waals surface area contributed by atoms with Gasteiger partial charge in [0.05, 0.1) is 13.2 Å². The average Bonchev–Trinajstić information content (AvgIpc) is 2.23. The number of rotatable bonds is 3. The Morgan fingerprint density at radius 3 is 2.87 bits per heavy atom. The fourth-order valence-corrected chi connectivity index (χ4v) is 1.84. The molecule has 0 unspecified atom stereocenters. The summed E-state index contributed by atoms with van der Waals surface area (Å²) in [6.45, 7) is 0. The minimum Gasteiger partial charge on any atom is -0.504 e. The second-order valence-corrected chi connectivity index (χ2v) is 3.66. The summed E-state index contributed by atoms with van der Waals surface area (Å²) in [7, 11) is 1.42. The van der Waals surface area contributed by atoms with Crippen LogP contribution in [0.3, 0.4) is 0 Å². The molecule has 1 aromatic carbocycles. The molecule has 1 aromatic rings. The van der Waals surface area contributed by atoms with E-state index in [9.17, 15) is 9.50 Å². The molecule has 1 rings (SSSR count). The Labute approximate surface area is 95.2 Å². The number of aryl methyl sites for hydroxylation is 1. The largest absolute Gasteiger partial charge is 0.504 e. The van der Waals surface area contributed by atoms with Crippen LogP contribution in [0, 0.1) is 17.1 Å². The van der Waals surface area contributed by atoms with Crippen LogP contribution in [0.1, 0.15) is 12.0 Å². The zero-order chi connectivity index (χ0) is 11.4. The lowest BCUT2D eigenvalue weighted by Gasteiger charge is -2.11. The fraction of sp³-hybridized carbons (Fsp3) is 0.300. The molecule has 0 aliphatic rings. The summed E-state index contributed by atoms with van der Waals surface area (Å²) < 4.78 is 18.4. The van der Waals surface area contributed by atoms with Crippen LogP contribution in [-0.2, 0) is 6.42 Å². The SMILES string of the molecule is COc1c(CCC#N)cc(F)c(O)c1Br. The van der Waals surface area contributed by atoms with Gasteiger partial charge in [-0.25, -0.2) is 4.39 Å². The first-order chi connectivity index (χ1) is 7.11. The summed E-state index contributed by atoms with van der Waals surface area (Å²) in [5.41, 5.74) is 0.557. The Balaban J connectivity index is 3.20. The van der Waals surface area contributed by atoms with Crippen LogP contribution in [0.4, 0.5) is 4.39 Å². The number of nitriles is 1. The van der Waals surface area contributed by atoms with E-state index < -0.39 is 11.6 Å². The molecule has 0 aliphatic heterocycles. The molecule has 15 heavy (non-hydrogen) atoms. The van der Waals surface area contributed by atoms with Gasteiger partial charge in [-0.05, 0) is 34.0 Å². The third kappa shape index (κ3) is 2.39. The lowest BCUT2D eigenvalue weighted by molar-refractivity contribution is 0.387. The first-order valence-corrected chi connectivity index (χ1v) is 5.02. The molecule has 3 nitrogen and oxygen atoms in total. The molecule has 0 fully saturated rings. The molecule has 0 saturated carbocycles. The van der Waals surface area contributed by atoms with E-state index >= 15 is 0 Å². The van der Waals surface area contributed by atoms with Crippen molar-refractivity contribution in [3.8, 4) is 17.6 Å². The summed E-state index contributed by atoms with van der Waals surface area (Å²) in [5.74, 6) is -0.840. The molecule has 0 amide bonds. The highest BCUT2D eigenvalue weighted by Crippen LogP contribution is 2.39. The number of nitrogens with zero attached hydrogens (tertiary/aromatic N) is 1. The lowest BCUT2D eigenvalue weighted by Crippen LogP contribution is -1.95. The van der Waals surface area contributed by atoms with E-state index in [2.05, 4.69) is 15.9 Å². The van der Waals surface area contributed by atoms with Crippen LogP contribution in [0.25, 0.3) is 0 Å². The van der Waals surface area contributed by atoms with E-state index in [-0.39, 0.29) is 10.9 Å². The van der Waals surface area contributed by atoms with Crippen molar-refractivity contribution in [2.75, 3.05) is 7.11 Å². The van der Waals surface area contributed by atoms with Gasteiger partial charge in [-0.15, -0.1) is 0 Å². The highest BCUT2D eigenvalue weighted by molar-refractivity contribution is 9.10. The molecule has 0 atom stereocenters. The second kappa shape index (κ2) is 4.99. The van der Waals surface area contributed by atoms with Crippen molar-refractivity contribution < 1.29 is 14.2 Å². The van der Waals surface area contributed by atoms with E-state index in [0.29, 0.717) is 17.7 Å². The third-order valence-corrected chi connectivity index (χ3v) is 2.67. The summed E-state index contributed by atoms with van der Waals surface area (Å²) in [4.78, 5) is 0. The smallest absolute Gasteiger partial charge is 0.169 e. The molecular formula is C10H9BrFNO2. The average molecular weight is 274 g/mol. The van der Waals surface area contributed by atoms with Crippen molar-refractivity contribution in [1.29, 1.82) is 5.26 Å². The minimum atomic E-state index is -0.726. The van der Waals surface area contributed by atoms with E-state index in [1.54, 1.807) is 0 Å². The Bertz CT molecular complexity index is 415. The zero-order valence-electron chi connectivity index (χ0n) is 8.05. The number of methoxy groups -OCH3 is 1. The molecule has 1 N–H and O–H groups in total. The fourth-order valence-electron chi connectivity index (χ4n) is 1.24. The Kier molecular flexibility index (Phi) is 3.92. The topological polar surface area (TPSA) is 53.2 Å². The summed E-state index contributed by atoms with van der Waals surface area (Å²) >= 11 is 3.04. The molecule has 0 aromatic heterocycles. The van der Waals surface area contributed by atoms with Crippen LogP contribution >= 0.6 is 15.9 Å². The van der Waals surface area contributed by atoms with E-state index in [1.807, 2.05) is 6.07 Å². The van der Waals surface area contributed by atoms with Gasteiger partial charge in [-0.2, -0.15) is 5.26 Å². The Morgan fingerprint density at radius 1 is 1.67 bits per heavy atom. The quantitative estimate of drug-likeness (QED) is 0.922. The Hall–Kier alpha value is -1.28. The first-order valence-electron chi connectivity index (χ1n) is 4.22. The molecule has 0 bridgehead atoms. The number of halogens is 2. The van der Waals surface area contributed by atoms with Gasteiger partial charge in [0.1, 0.15) is 10.2 Å². The highest BCUT2D eigenvalue weighted by Gasteiger charge is 2.16. The van der Waals surface area contributed by atoms with Crippen LogP contribution in [0.2, 0.25) is 0 Å². The van der Waals surface area contributed by atoms with E-state index in [1.165, 1.54) is 13.2 Å². The van der Waals surface area contributed by atoms with E-state index in [0.717, 1.165) is 0 Å². The van der Waals surface area contributed by atoms with Crippen molar-refractivity contribution in [3.63, 3.8) is 0 Å². The van der Waals surface area contributed by atoms with Crippen molar-refractivity contribution in [2.24, 2.45) is 0 Å². The normalized spacial score (nSPS) is 9.73. The van der Waals surface area contributed by atoms with Gasteiger partial charge in [-0.3, -0.25) is 0 Å². The molecular weight excluding hydrogens is 265 g/mol. The lowest BCUT2D eigenvalue weighted by atomic mass is 10.1. The van der Waals surface area contributed by atoms with Crippen molar-refractivity contribution in [1.82, 2.24) is 0 Å². The molecule has 0 spiro atoms. The molecule has 80 valence electrons. The maximum absolute atomic E-state index is 13.2. The number of hydrogen-bond acceptors (Lipinski definition) is 3. The van der Waals surface area contributed by atoms with Crippen LogP contribution in [-0.4, -0.2) is 12.2 Å². The number of phenols is 1. The van der Waals surface area contributed by atoms with Crippen molar-refractivity contribution in [2.45, 2.75) is 12.8 Å². The van der Waals surface area contributed by atoms with Gasteiger partial charge in [-0.1, -0.05) is 0 Å². The van der Waals surface area contributed by atoms with Crippen LogP contribution in [0.15, 0.2) is 10.5 Å². The second-order valence-electron chi connectivity index (χ2n) is 2.87. The highest BCUT2D eigenvalue weighted by atomic mass is 79.9. The predicted octanol–water partition coefficient (Wildman–Crippen LogP) is 2.76. The van der Waals surface area contributed by atoms with Gasteiger partial charge in [0, 0.05) is 6.42 Å². The van der Waals surface area contributed by atoms with Gasteiger partial charge >= 0.3 is 0 Å². The van der Waals surface area contributed by atoms with Crippen molar-refractivity contribution >= 4 is 15.9 Å². The van der Waals surface area contributed by atoms with Crippen LogP contribution < -0.4 is 4.74 Å². The third-order valence-electron chi connectivity index (χ3n) is 1.94. The van der Waals surface area contributed by atoms with Crippen LogP contribution in [0.5, 0.6) is 11.5 Å². The molecule has 0 heterocycles. The minimum absolute atomic E-state index is 0.179. The number of aromatic hydroxyl groups is 1. The van der Waals surface area contributed by atoms with Gasteiger partial charge in [0.15, 0.2) is 11.6 Å². The maximum Gasteiger partial charge on any atom is 0.169 e. The molecule has 0 aliphatic carbocycles. The van der Waals surface area contributed by atoms with E-state index in [4.69, 9.17) is 10.00 Å². The standard InChI is InChI=1S/C10H9BrFNO2/c1-15-10-6(3-2-4-13)5-7(12)9(14)8(10)11/h5,14H,2-3H2,1H3. The maximum atomic E-state index is 13.2. The number of ether oxygens (including phenoxy) is 1. The van der Waals surface area contributed by atoms with Gasteiger partial charge in [0.25, 0.3) is 0 Å². The van der Waals surface area contributed by atoms with Gasteiger partial charge in [0.2, 0.25) is 0 Å². The number of hydrogen-bond donors (Lipinski definition) is 1. The first kappa shape index (κ1) is 11.8. The summed E-state index contributed by atoms with van der Waals surface area (Å²) in [5, 5.41) is 17.7. The number of phenolic OH excluding ortho intramolecular Hbond substituents is 1. The zero-order valence-corrected chi connectivity index (χ0v) is 9.64. The number of benzene rings is 1. The summed E-state index contributed by atoms with van der Waals surface area (Å²) in [6, 6.07) is 3.14.